The van der Waals surface area contributed by atoms with E-state index in [4.69, 9.17) is 9.47 Å². The third-order valence-electron chi connectivity index (χ3n) is 6.83. The molecule has 1 atom stereocenters. The number of methoxy groups -OCH3 is 1. The molecule has 0 spiro atoms. The molecule has 1 unspecified atom stereocenters. The Morgan fingerprint density at radius 1 is 0.941 bits per heavy atom. The first kappa shape index (κ1) is 24.5. The minimum Gasteiger partial charge on any atom is -0.497 e. The van der Waals surface area contributed by atoms with Crippen LogP contribution < -0.4 is 9.47 Å². The van der Waals surface area contributed by atoms with E-state index in [1.165, 1.54) is 11.4 Å². The highest BCUT2D eigenvalue weighted by atomic mass is 32.2. The van der Waals surface area contributed by atoms with Gasteiger partial charge in [-0.05, 0) is 56.4 Å². The predicted octanol–water partition coefficient (Wildman–Crippen LogP) is 3.95. The molecule has 0 aliphatic carbocycles. The number of hydrogen-bond donors (Lipinski definition) is 0. The lowest BCUT2D eigenvalue weighted by molar-refractivity contribution is -0.136. The van der Waals surface area contributed by atoms with Crippen LogP contribution in [-0.4, -0.2) is 63.4 Å². The highest BCUT2D eigenvalue weighted by Gasteiger charge is 2.43. The van der Waals surface area contributed by atoms with Gasteiger partial charge in [0.25, 0.3) is 0 Å². The average Bonchev–Trinajstić information content (AvgIpc) is 2.89. The van der Waals surface area contributed by atoms with Gasteiger partial charge >= 0.3 is 0 Å². The number of ether oxygens (including phenoxy) is 2. The first-order chi connectivity index (χ1) is 16.4. The fourth-order valence-corrected chi connectivity index (χ4v) is 6.55. The van der Waals surface area contributed by atoms with Crippen LogP contribution in [0, 0.1) is 5.41 Å². The molecule has 0 radical (unpaired) electrons. The van der Waals surface area contributed by atoms with Crippen LogP contribution in [0.1, 0.15) is 38.5 Å². The summed E-state index contributed by atoms with van der Waals surface area (Å²) in [6, 6.07) is 16.0. The number of rotatable bonds is 8. The average molecular weight is 487 g/mol. The summed E-state index contributed by atoms with van der Waals surface area (Å²) in [5.74, 6) is 1.31. The third kappa shape index (κ3) is 5.73. The first-order valence-electron chi connectivity index (χ1n) is 12.0. The molecule has 2 saturated heterocycles. The summed E-state index contributed by atoms with van der Waals surface area (Å²) in [7, 11) is -2.22. The maximum absolute atomic E-state index is 13.5. The van der Waals surface area contributed by atoms with Gasteiger partial charge in [0.2, 0.25) is 15.9 Å². The van der Waals surface area contributed by atoms with Crippen LogP contribution in [0.3, 0.4) is 0 Å². The smallest absolute Gasteiger partial charge is 0.243 e. The van der Waals surface area contributed by atoms with Gasteiger partial charge in [-0.3, -0.25) is 4.79 Å². The van der Waals surface area contributed by atoms with Crippen LogP contribution in [-0.2, 0) is 14.8 Å². The largest absolute Gasteiger partial charge is 0.497 e. The van der Waals surface area contributed by atoms with Crippen molar-refractivity contribution in [1.82, 2.24) is 9.21 Å². The Bertz CT molecular complexity index is 1070. The zero-order chi connectivity index (χ0) is 24.0. The molecule has 0 saturated carbocycles. The van der Waals surface area contributed by atoms with Crippen LogP contribution in [0.2, 0.25) is 0 Å². The topological polar surface area (TPSA) is 76.1 Å². The zero-order valence-corrected chi connectivity index (χ0v) is 20.6. The van der Waals surface area contributed by atoms with E-state index in [-0.39, 0.29) is 23.8 Å². The minimum absolute atomic E-state index is 0.0944. The molecule has 34 heavy (non-hydrogen) atoms. The van der Waals surface area contributed by atoms with E-state index in [1.807, 2.05) is 35.2 Å². The van der Waals surface area contributed by atoms with Crippen molar-refractivity contribution in [3.63, 3.8) is 0 Å². The maximum Gasteiger partial charge on any atom is 0.243 e. The Morgan fingerprint density at radius 3 is 2.41 bits per heavy atom. The second-order valence-electron chi connectivity index (χ2n) is 9.34. The highest BCUT2D eigenvalue weighted by Crippen LogP contribution is 2.38. The summed E-state index contributed by atoms with van der Waals surface area (Å²) in [4.78, 5) is 15.4. The lowest BCUT2D eigenvalue weighted by Gasteiger charge is -2.42. The van der Waals surface area contributed by atoms with Gasteiger partial charge in [0.15, 0.2) is 0 Å². The number of piperidine rings is 2. The number of amides is 1. The minimum atomic E-state index is -3.74. The molecule has 2 aliphatic rings. The van der Waals surface area contributed by atoms with Crippen molar-refractivity contribution in [2.45, 2.75) is 43.4 Å². The van der Waals surface area contributed by atoms with Crippen LogP contribution in [0.15, 0.2) is 59.5 Å². The van der Waals surface area contributed by atoms with Crippen LogP contribution in [0.5, 0.6) is 11.5 Å². The molecular weight excluding hydrogens is 452 g/mol. The van der Waals surface area contributed by atoms with E-state index in [0.717, 1.165) is 44.5 Å². The SMILES string of the molecule is COc1cccc(S(=O)(=O)N2CCCC(COc3ccccc3)(CC(=O)N3CCCCC3)C2)c1. The molecule has 0 aromatic heterocycles. The number of carbonyl (C=O) groups is 1. The van der Waals surface area contributed by atoms with Gasteiger partial charge < -0.3 is 14.4 Å². The Morgan fingerprint density at radius 2 is 1.68 bits per heavy atom. The van der Waals surface area contributed by atoms with Crippen molar-refractivity contribution in [2.75, 3.05) is 39.9 Å². The maximum atomic E-state index is 13.5. The number of para-hydroxylation sites is 1. The van der Waals surface area contributed by atoms with Crippen molar-refractivity contribution >= 4 is 15.9 Å². The second kappa shape index (κ2) is 10.8. The Balaban J connectivity index is 1.58. The standard InChI is InChI=1S/C26H34N2O5S/c1-32-23-12-8-13-24(18-23)34(30,31)28-17-9-14-26(20-28,21-33-22-10-4-2-5-11-22)19-25(29)27-15-6-3-7-16-27/h2,4-5,8,10-13,18H,3,6-7,9,14-17,19-21H2,1H3. The van der Waals surface area contributed by atoms with E-state index in [9.17, 15) is 13.2 Å². The van der Waals surface area contributed by atoms with Crippen LogP contribution in [0.25, 0.3) is 0 Å². The Kier molecular flexibility index (Phi) is 7.78. The summed E-state index contributed by atoms with van der Waals surface area (Å²) in [6.45, 7) is 2.52. The highest BCUT2D eigenvalue weighted by molar-refractivity contribution is 7.89. The molecular formula is C26H34N2O5S. The van der Waals surface area contributed by atoms with E-state index in [0.29, 0.717) is 25.3 Å². The summed E-state index contributed by atoms with van der Waals surface area (Å²) < 4.78 is 40.0. The molecule has 0 N–H and O–H groups in total. The summed E-state index contributed by atoms with van der Waals surface area (Å²) in [5, 5.41) is 0. The summed E-state index contributed by atoms with van der Waals surface area (Å²) in [6.07, 6.45) is 4.89. The lowest BCUT2D eigenvalue weighted by atomic mass is 9.78. The quantitative estimate of drug-likeness (QED) is 0.565. The first-order valence-corrected chi connectivity index (χ1v) is 13.5. The zero-order valence-electron chi connectivity index (χ0n) is 19.8. The van der Waals surface area contributed by atoms with Gasteiger partial charge in [-0.1, -0.05) is 24.3 Å². The molecule has 2 aromatic rings. The number of benzene rings is 2. The molecule has 2 heterocycles. The van der Waals surface area contributed by atoms with E-state index in [2.05, 4.69) is 0 Å². The third-order valence-corrected chi connectivity index (χ3v) is 8.67. The van der Waals surface area contributed by atoms with Crippen molar-refractivity contribution < 1.29 is 22.7 Å². The van der Waals surface area contributed by atoms with E-state index >= 15 is 0 Å². The normalized spacial score (nSPS) is 21.7. The number of sulfonamides is 1. The summed E-state index contributed by atoms with van der Waals surface area (Å²) >= 11 is 0. The van der Waals surface area contributed by atoms with Crippen molar-refractivity contribution in [3.05, 3.63) is 54.6 Å². The second-order valence-corrected chi connectivity index (χ2v) is 11.3. The molecule has 4 rings (SSSR count). The Labute approximate surface area is 202 Å². The fourth-order valence-electron chi connectivity index (χ4n) is 4.92. The summed E-state index contributed by atoms with van der Waals surface area (Å²) in [5.41, 5.74) is -0.589. The van der Waals surface area contributed by atoms with Crippen molar-refractivity contribution in [3.8, 4) is 11.5 Å². The number of nitrogens with zero attached hydrogens (tertiary/aromatic N) is 2. The fraction of sp³-hybridized carbons (Fsp3) is 0.500. The van der Waals surface area contributed by atoms with Crippen molar-refractivity contribution in [1.29, 1.82) is 0 Å². The number of carbonyl (C=O) groups excluding carboxylic acids is 1. The molecule has 0 bridgehead atoms. The van der Waals surface area contributed by atoms with Gasteiger partial charge in [0.1, 0.15) is 11.5 Å². The molecule has 184 valence electrons. The van der Waals surface area contributed by atoms with E-state index in [1.54, 1.807) is 24.3 Å². The van der Waals surface area contributed by atoms with Crippen molar-refractivity contribution in [2.24, 2.45) is 5.41 Å². The molecule has 7 nitrogen and oxygen atoms in total. The van der Waals surface area contributed by atoms with Gasteiger partial charge in [0, 0.05) is 44.1 Å². The lowest BCUT2D eigenvalue weighted by Crippen LogP contribution is -2.51. The Hall–Kier alpha value is -2.58. The molecule has 2 fully saturated rings. The predicted molar refractivity (Wildman–Crippen MR) is 130 cm³/mol. The molecule has 2 aromatic carbocycles. The van der Waals surface area contributed by atoms with Gasteiger partial charge in [-0.2, -0.15) is 4.31 Å². The van der Waals surface area contributed by atoms with Crippen LogP contribution >= 0.6 is 0 Å². The van der Waals surface area contributed by atoms with Gasteiger partial charge in [-0.15, -0.1) is 0 Å². The van der Waals surface area contributed by atoms with Gasteiger partial charge in [-0.25, -0.2) is 8.42 Å². The molecule has 8 heteroatoms. The number of likely N-dealkylation sites (tertiary alicyclic amines) is 1. The van der Waals surface area contributed by atoms with Gasteiger partial charge in [0.05, 0.1) is 18.6 Å². The number of hydrogen-bond acceptors (Lipinski definition) is 5. The molecule has 1 amide bonds. The van der Waals surface area contributed by atoms with E-state index < -0.39 is 15.4 Å². The molecule has 2 aliphatic heterocycles. The van der Waals surface area contributed by atoms with Crippen LogP contribution in [0.4, 0.5) is 0 Å². The monoisotopic (exact) mass is 486 g/mol.